The lowest BCUT2D eigenvalue weighted by Crippen LogP contribution is -1.91. The highest BCUT2D eigenvalue weighted by atomic mass is 31.2. The highest BCUT2D eigenvalue weighted by Crippen LogP contribution is 2.35. The number of hydrogen-bond acceptors (Lipinski definition) is 2. The van der Waals surface area contributed by atoms with Crippen LogP contribution in [0.5, 0.6) is 0 Å². The summed E-state index contributed by atoms with van der Waals surface area (Å²) in [7, 11) is -3.80. The fraction of sp³-hybridized carbons (Fsp3) is 0.444. The molecule has 0 amide bonds. The fourth-order valence-electron chi connectivity index (χ4n) is 1.20. The van der Waals surface area contributed by atoms with Gasteiger partial charge in [-0.2, -0.15) is 0 Å². The van der Waals surface area contributed by atoms with Gasteiger partial charge in [-0.25, -0.2) is 0 Å². The van der Waals surface area contributed by atoms with Crippen LogP contribution in [0.4, 0.5) is 0 Å². The van der Waals surface area contributed by atoms with E-state index in [9.17, 15) is 4.57 Å². The van der Waals surface area contributed by atoms with Crippen LogP contribution in [0, 0.1) is 0 Å². The number of aromatic nitrogens is 1. The number of aryl methyl sites for hydroxylation is 1. The third kappa shape index (κ3) is 5.12. The molecule has 0 spiro atoms. The van der Waals surface area contributed by atoms with Gasteiger partial charge in [-0.3, -0.25) is 9.55 Å². The molecule has 0 saturated heterocycles. The first-order valence-corrected chi connectivity index (χ1v) is 6.31. The molecule has 0 radical (unpaired) electrons. The van der Waals surface area contributed by atoms with Gasteiger partial charge in [-0.15, -0.1) is 0 Å². The summed E-state index contributed by atoms with van der Waals surface area (Å²) >= 11 is 0. The number of rotatable bonds is 5. The van der Waals surface area contributed by atoms with Gasteiger partial charge in [-0.1, -0.05) is 0 Å². The molecule has 1 aromatic rings. The molecular weight excluding hydrogens is 201 g/mol. The molecule has 1 heterocycles. The Morgan fingerprint density at radius 3 is 2.43 bits per heavy atom. The summed E-state index contributed by atoms with van der Waals surface area (Å²) in [6.07, 6.45) is 5.64. The van der Waals surface area contributed by atoms with E-state index in [4.69, 9.17) is 9.79 Å². The zero-order chi connectivity index (χ0) is 10.4. The highest BCUT2D eigenvalue weighted by molar-refractivity contribution is 7.51. The van der Waals surface area contributed by atoms with Crippen LogP contribution >= 0.6 is 7.60 Å². The van der Waals surface area contributed by atoms with E-state index in [1.165, 1.54) is 0 Å². The van der Waals surface area contributed by atoms with Crippen molar-refractivity contribution >= 4 is 7.60 Å². The maximum absolute atomic E-state index is 10.5. The van der Waals surface area contributed by atoms with Crippen molar-refractivity contribution in [2.24, 2.45) is 0 Å². The van der Waals surface area contributed by atoms with Crippen molar-refractivity contribution in [1.29, 1.82) is 0 Å². The summed E-state index contributed by atoms with van der Waals surface area (Å²) in [4.78, 5) is 21.1. The van der Waals surface area contributed by atoms with Crippen LogP contribution in [0.2, 0.25) is 0 Å². The first-order chi connectivity index (χ1) is 6.58. The van der Waals surface area contributed by atoms with E-state index < -0.39 is 7.60 Å². The molecule has 0 bridgehead atoms. The molecule has 4 nitrogen and oxygen atoms in total. The minimum atomic E-state index is -3.80. The van der Waals surface area contributed by atoms with Gasteiger partial charge in [0.15, 0.2) is 0 Å². The van der Waals surface area contributed by atoms with Crippen molar-refractivity contribution in [2.75, 3.05) is 6.16 Å². The van der Waals surface area contributed by atoms with Gasteiger partial charge in [0.25, 0.3) is 0 Å². The third-order valence-corrected chi connectivity index (χ3v) is 2.81. The maximum atomic E-state index is 10.5. The minimum Gasteiger partial charge on any atom is -0.324 e. The summed E-state index contributed by atoms with van der Waals surface area (Å²) in [5.74, 6) is 0. The Labute approximate surface area is 83.2 Å². The van der Waals surface area contributed by atoms with E-state index in [1.54, 1.807) is 12.4 Å². The van der Waals surface area contributed by atoms with Gasteiger partial charge in [0.05, 0.1) is 0 Å². The van der Waals surface area contributed by atoms with Crippen LogP contribution in [0.15, 0.2) is 24.5 Å². The number of pyridine rings is 1. The lowest BCUT2D eigenvalue weighted by molar-refractivity contribution is 0.371. The van der Waals surface area contributed by atoms with E-state index in [0.29, 0.717) is 6.42 Å². The molecule has 1 rings (SSSR count). The number of unbranched alkanes of at least 4 members (excludes halogenated alkanes) is 1. The van der Waals surface area contributed by atoms with Crippen molar-refractivity contribution < 1.29 is 14.4 Å². The Hall–Kier alpha value is -0.700. The second kappa shape index (κ2) is 5.25. The van der Waals surface area contributed by atoms with Crippen LogP contribution in [0.1, 0.15) is 18.4 Å². The Morgan fingerprint density at radius 2 is 1.86 bits per heavy atom. The first-order valence-electron chi connectivity index (χ1n) is 4.51. The number of nitrogens with zero attached hydrogens (tertiary/aromatic N) is 1. The average molecular weight is 215 g/mol. The van der Waals surface area contributed by atoms with Crippen molar-refractivity contribution in [2.45, 2.75) is 19.3 Å². The molecule has 0 aliphatic rings. The molecule has 0 aliphatic carbocycles. The average Bonchev–Trinajstić information content (AvgIpc) is 2.13. The summed E-state index contributed by atoms with van der Waals surface area (Å²) in [5, 5.41) is 0. The smallest absolute Gasteiger partial charge is 0.324 e. The Kier molecular flexibility index (Phi) is 4.26. The van der Waals surface area contributed by atoms with Crippen LogP contribution in [-0.4, -0.2) is 20.9 Å². The predicted molar refractivity (Wildman–Crippen MR) is 54.1 cm³/mol. The van der Waals surface area contributed by atoms with E-state index in [0.717, 1.165) is 18.4 Å². The Bertz CT molecular complexity index is 309. The monoisotopic (exact) mass is 215 g/mol. The van der Waals surface area contributed by atoms with Gasteiger partial charge in [0.2, 0.25) is 0 Å². The van der Waals surface area contributed by atoms with Crippen LogP contribution < -0.4 is 0 Å². The lowest BCUT2D eigenvalue weighted by Gasteiger charge is -2.03. The van der Waals surface area contributed by atoms with Gasteiger partial charge < -0.3 is 9.79 Å². The molecule has 14 heavy (non-hydrogen) atoms. The van der Waals surface area contributed by atoms with Gasteiger partial charge in [-0.05, 0) is 37.0 Å². The van der Waals surface area contributed by atoms with E-state index in [2.05, 4.69) is 4.98 Å². The standard InChI is InChI=1S/C9H14NO3P/c11-14(12,13)8-2-1-3-9-4-6-10-7-5-9/h4-7H,1-3,8H2,(H2,11,12,13). The summed E-state index contributed by atoms with van der Waals surface area (Å²) in [6.45, 7) is 0. The Morgan fingerprint density at radius 1 is 1.21 bits per heavy atom. The topological polar surface area (TPSA) is 70.4 Å². The Balaban J connectivity index is 2.20. The molecule has 0 unspecified atom stereocenters. The minimum absolute atomic E-state index is 0.0158. The molecule has 2 N–H and O–H groups in total. The molecule has 0 saturated carbocycles. The fourth-order valence-corrected chi connectivity index (χ4v) is 1.83. The molecule has 5 heteroatoms. The van der Waals surface area contributed by atoms with E-state index >= 15 is 0 Å². The summed E-state index contributed by atoms with van der Waals surface area (Å²) < 4.78 is 10.5. The molecule has 0 atom stereocenters. The molecule has 0 aromatic carbocycles. The third-order valence-electron chi connectivity index (χ3n) is 1.91. The van der Waals surface area contributed by atoms with E-state index in [-0.39, 0.29) is 6.16 Å². The van der Waals surface area contributed by atoms with Crippen molar-refractivity contribution in [1.82, 2.24) is 4.98 Å². The predicted octanol–water partition coefficient (Wildman–Crippen LogP) is 1.58. The first kappa shape index (κ1) is 11.4. The quantitative estimate of drug-likeness (QED) is 0.578. The van der Waals surface area contributed by atoms with Crippen LogP contribution in [0.25, 0.3) is 0 Å². The van der Waals surface area contributed by atoms with Gasteiger partial charge >= 0.3 is 7.60 Å². The van der Waals surface area contributed by atoms with E-state index in [1.807, 2.05) is 12.1 Å². The summed E-state index contributed by atoms with van der Waals surface area (Å²) in [5.41, 5.74) is 1.16. The molecule has 0 fully saturated rings. The maximum Gasteiger partial charge on any atom is 0.325 e. The largest absolute Gasteiger partial charge is 0.325 e. The van der Waals surface area contributed by atoms with Crippen molar-refractivity contribution in [3.05, 3.63) is 30.1 Å². The number of hydrogen-bond donors (Lipinski definition) is 2. The SMILES string of the molecule is O=P(O)(O)CCCCc1ccncc1. The summed E-state index contributed by atoms with van der Waals surface area (Å²) in [6, 6.07) is 3.83. The van der Waals surface area contributed by atoms with Crippen LogP contribution in [0.3, 0.4) is 0 Å². The molecule has 78 valence electrons. The second-order valence-electron chi connectivity index (χ2n) is 3.20. The zero-order valence-electron chi connectivity index (χ0n) is 7.83. The second-order valence-corrected chi connectivity index (χ2v) is 4.98. The highest BCUT2D eigenvalue weighted by Gasteiger charge is 2.10. The normalized spacial score (nSPS) is 11.6. The molecule has 1 aromatic heterocycles. The van der Waals surface area contributed by atoms with Gasteiger partial charge in [0.1, 0.15) is 0 Å². The van der Waals surface area contributed by atoms with Crippen molar-refractivity contribution in [3.63, 3.8) is 0 Å². The zero-order valence-corrected chi connectivity index (χ0v) is 8.73. The molecule has 0 aliphatic heterocycles. The van der Waals surface area contributed by atoms with Crippen LogP contribution in [-0.2, 0) is 11.0 Å². The van der Waals surface area contributed by atoms with Crippen molar-refractivity contribution in [3.8, 4) is 0 Å². The lowest BCUT2D eigenvalue weighted by atomic mass is 10.1. The molecular formula is C9H14NO3P. The van der Waals surface area contributed by atoms with Gasteiger partial charge in [0, 0.05) is 18.6 Å².